The first kappa shape index (κ1) is 9.96. The van der Waals surface area contributed by atoms with Gasteiger partial charge in [-0.3, -0.25) is 0 Å². The Hall–Kier alpha value is -1.58. The molecule has 0 radical (unpaired) electrons. The number of benzene rings is 1. The van der Waals surface area contributed by atoms with Crippen molar-refractivity contribution in [2.24, 2.45) is 0 Å². The van der Waals surface area contributed by atoms with E-state index in [1.807, 2.05) is 0 Å². The third kappa shape index (κ3) is 1.56. The molecule has 0 fully saturated rings. The monoisotopic (exact) mass is 209 g/mol. The van der Waals surface area contributed by atoms with Crippen LogP contribution in [0.25, 0.3) is 0 Å². The summed E-state index contributed by atoms with van der Waals surface area (Å²) >= 11 is 0. The van der Waals surface area contributed by atoms with Crippen molar-refractivity contribution in [1.29, 1.82) is 0 Å². The fourth-order valence-electron chi connectivity index (χ4n) is 2.06. The van der Waals surface area contributed by atoms with Gasteiger partial charge in [0.1, 0.15) is 11.9 Å². The highest BCUT2D eigenvalue weighted by Crippen LogP contribution is 2.31. The van der Waals surface area contributed by atoms with E-state index in [9.17, 15) is 9.18 Å². The highest BCUT2D eigenvalue weighted by molar-refractivity contribution is 5.79. The molecule has 0 amide bonds. The van der Waals surface area contributed by atoms with E-state index in [0.717, 1.165) is 0 Å². The third-order valence-electron chi connectivity index (χ3n) is 2.89. The van der Waals surface area contributed by atoms with Gasteiger partial charge in [0, 0.05) is 18.3 Å². The van der Waals surface area contributed by atoms with Gasteiger partial charge in [-0.05, 0) is 25.0 Å². The fourth-order valence-corrected chi connectivity index (χ4v) is 2.06. The average Bonchev–Trinajstić information content (AvgIpc) is 2.19. The van der Waals surface area contributed by atoms with Crippen LogP contribution >= 0.6 is 0 Å². The lowest BCUT2D eigenvalue weighted by molar-refractivity contribution is -0.138. The molecule has 1 N–H and O–H groups in total. The molecule has 1 unspecified atom stereocenters. The normalized spacial score (nSPS) is 19.9. The second-order valence-electron chi connectivity index (χ2n) is 3.74. The molecule has 0 aromatic heterocycles. The molecule has 0 bridgehead atoms. The van der Waals surface area contributed by atoms with Crippen molar-refractivity contribution in [3.63, 3.8) is 0 Å². The molecule has 1 atom stereocenters. The number of hydrogen-bond acceptors (Lipinski definition) is 2. The number of carboxylic acid groups (broad SMARTS) is 1. The number of carboxylic acids is 1. The number of hydrogen-bond donors (Lipinski definition) is 1. The van der Waals surface area contributed by atoms with Crippen LogP contribution in [0.15, 0.2) is 18.2 Å². The lowest BCUT2D eigenvalue weighted by atomic mass is 9.96. The van der Waals surface area contributed by atoms with E-state index < -0.39 is 12.0 Å². The summed E-state index contributed by atoms with van der Waals surface area (Å²) < 4.78 is 13.4. The van der Waals surface area contributed by atoms with Gasteiger partial charge in [-0.25, -0.2) is 9.18 Å². The minimum absolute atomic E-state index is 0.247. The summed E-state index contributed by atoms with van der Waals surface area (Å²) in [5, 5.41) is 8.97. The van der Waals surface area contributed by atoms with Crippen molar-refractivity contribution >= 4 is 11.7 Å². The van der Waals surface area contributed by atoms with E-state index in [4.69, 9.17) is 5.11 Å². The van der Waals surface area contributed by atoms with Crippen molar-refractivity contribution in [3.05, 3.63) is 29.6 Å². The SMILES string of the molecule is CN1c2cccc(F)c2CCC1C(=O)O. The molecule has 0 saturated heterocycles. The molecule has 1 aliphatic rings. The zero-order valence-electron chi connectivity index (χ0n) is 8.40. The number of aliphatic carboxylic acids is 1. The summed E-state index contributed by atoms with van der Waals surface area (Å²) in [6.07, 6.45) is 0.948. The number of halogens is 1. The molecular formula is C11H12FNO2. The van der Waals surface area contributed by atoms with Gasteiger partial charge < -0.3 is 10.0 Å². The van der Waals surface area contributed by atoms with E-state index in [2.05, 4.69) is 0 Å². The van der Waals surface area contributed by atoms with Gasteiger partial charge in [0.05, 0.1) is 0 Å². The molecule has 1 aromatic carbocycles. The Morgan fingerprint density at radius 2 is 2.33 bits per heavy atom. The summed E-state index contributed by atoms with van der Waals surface area (Å²) in [6.45, 7) is 0. The molecule has 0 saturated carbocycles. The number of carbonyl (C=O) groups is 1. The summed E-state index contributed by atoms with van der Waals surface area (Å²) in [7, 11) is 1.69. The Bertz CT molecular complexity index is 406. The Morgan fingerprint density at radius 3 is 3.00 bits per heavy atom. The second kappa shape index (κ2) is 3.53. The number of rotatable bonds is 1. The van der Waals surface area contributed by atoms with Crippen LogP contribution in [0.3, 0.4) is 0 Å². The van der Waals surface area contributed by atoms with E-state index >= 15 is 0 Å². The first-order chi connectivity index (χ1) is 7.11. The predicted octanol–water partition coefficient (Wildman–Crippen LogP) is 1.66. The third-order valence-corrected chi connectivity index (χ3v) is 2.89. The Morgan fingerprint density at radius 1 is 1.60 bits per heavy atom. The molecule has 3 nitrogen and oxygen atoms in total. The Labute approximate surface area is 87.1 Å². The highest BCUT2D eigenvalue weighted by atomic mass is 19.1. The number of nitrogens with zero attached hydrogens (tertiary/aromatic N) is 1. The Kier molecular flexibility index (Phi) is 2.34. The maximum absolute atomic E-state index is 13.4. The van der Waals surface area contributed by atoms with Crippen LogP contribution in [0.2, 0.25) is 0 Å². The van der Waals surface area contributed by atoms with Gasteiger partial charge in [0.15, 0.2) is 0 Å². The number of anilines is 1. The smallest absolute Gasteiger partial charge is 0.326 e. The molecular weight excluding hydrogens is 197 g/mol. The lowest BCUT2D eigenvalue weighted by Gasteiger charge is -2.33. The minimum Gasteiger partial charge on any atom is -0.480 e. The van der Waals surface area contributed by atoms with Crippen LogP contribution in [0.1, 0.15) is 12.0 Å². The van der Waals surface area contributed by atoms with Crippen LogP contribution in [0.5, 0.6) is 0 Å². The van der Waals surface area contributed by atoms with Gasteiger partial charge in [-0.15, -0.1) is 0 Å². The minimum atomic E-state index is -0.854. The molecule has 2 rings (SSSR count). The van der Waals surface area contributed by atoms with Crippen molar-refractivity contribution in [2.75, 3.05) is 11.9 Å². The van der Waals surface area contributed by atoms with Crippen LogP contribution in [-0.4, -0.2) is 24.2 Å². The molecule has 4 heteroatoms. The van der Waals surface area contributed by atoms with Gasteiger partial charge in [-0.2, -0.15) is 0 Å². The van der Waals surface area contributed by atoms with Crippen molar-refractivity contribution in [2.45, 2.75) is 18.9 Å². The zero-order chi connectivity index (χ0) is 11.0. The van der Waals surface area contributed by atoms with Gasteiger partial charge in [0.2, 0.25) is 0 Å². The molecule has 1 aromatic rings. The zero-order valence-corrected chi connectivity index (χ0v) is 8.40. The molecule has 1 heterocycles. The summed E-state index contributed by atoms with van der Waals surface area (Å²) in [5.41, 5.74) is 1.31. The first-order valence-electron chi connectivity index (χ1n) is 4.84. The van der Waals surface area contributed by atoms with Crippen LogP contribution in [-0.2, 0) is 11.2 Å². The van der Waals surface area contributed by atoms with Crippen molar-refractivity contribution in [3.8, 4) is 0 Å². The van der Waals surface area contributed by atoms with E-state index in [0.29, 0.717) is 24.1 Å². The molecule has 1 aliphatic heterocycles. The molecule has 15 heavy (non-hydrogen) atoms. The number of likely N-dealkylation sites (N-methyl/N-ethyl adjacent to an activating group) is 1. The van der Waals surface area contributed by atoms with Gasteiger partial charge >= 0.3 is 5.97 Å². The largest absolute Gasteiger partial charge is 0.480 e. The molecule has 0 spiro atoms. The summed E-state index contributed by atoms with van der Waals surface area (Å²) in [4.78, 5) is 12.6. The topological polar surface area (TPSA) is 40.5 Å². The van der Waals surface area contributed by atoms with Crippen LogP contribution < -0.4 is 4.90 Å². The van der Waals surface area contributed by atoms with E-state index in [1.54, 1.807) is 24.1 Å². The quantitative estimate of drug-likeness (QED) is 0.764. The average molecular weight is 209 g/mol. The van der Waals surface area contributed by atoms with Crippen molar-refractivity contribution < 1.29 is 14.3 Å². The van der Waals surface area contributed by atoms with Crippen LogP contribution in [0, 0.1) is 5.82 Å². The maximum atomic E-state index is 13.4. The number of fused-ring (bicyclic) bond motifs is 1. The predicted molar refractivity (Wildman–Crippen MR) is 54.5 cm³/mol. The van der Waals surface area contributed by atoms with E-state index in [-0.39, 0.29) is 5.82 Å². The first-order valence-corrected chi connectivity index (χ1v) is 4.84. The van der Waals surface area contributed by atoms with Gasteiger partial charge in [0.25, 0.3) is 0 Å². The molecule has 0 aliphatic carbocycles. The van der Waals surface area contributed by atoms with Crippen molar-refractivity contribution in [1.82, 2.24) is 0 Å². The lowest BCUT2D eigenvalue weighted by Crippen LogP contribution is -2.42. The summed E-state index contributed by atoms with van der Waals surface area (Å²) in [5.74, 6) is -1.10. The van der Waals surface area contributed by atoms with Crippen LogP contribution in [0.4, 0.5) is 10.1 Å². The maximum Gasteiger partial charge on any atom is 0.326 e. The van der Waals surface area contributed by atoms with Gasteiger partial charge in [-0.1, -0.05) is 6.07 Å². The Balaban J connectivity index is 2.42. The molecule has 80 valence electrons. The van der Waals surface area contributed by atoms with E-state index in [1.165, 1.54) is 6.07 Å². The second-order valence-corrected chi connectivity index (χ2v) is 3.74. The highest BCUT2D eigenvalue weighted by Gasteiger charge is 2.29. The standard InChI is InChI=1S/C11H12FNO2/c1-13-9-4-2-3-8(12)7(9)5-6-10(13)11(14)15/h2-4,10H,5-6H2,1H3,(H,14,15). The fraction of sp³-hybridized carbons (Fsp3) is 0.364. The summed E-state index contributed by atoms with van der Waals surface area (Å²) in [6, 6.07) is 4.23.